The van der Waals surface area contributed by atoms with E-state index in [1.165, 1.54) is 51.4 Å². The fourth-order valence-corrected chi connectivity index (χ4v) is 6.91. The summed E-state index contributed by atoms with van der Waals surface area (Å²) in [6, 6.07) is 0. The second kappa shape index (κ2) is 32.2. The van der Waals surface area contributed by atoms with Crippen molar-refractivity contribution in [1.82, 2.24) is 0 Å². The van der Waals surface area contributed by atoms with Crippen molar-refractivity contribution in [1.29, 1.82) is 0 Å². The van der Waals surface area contributed by atoms with Crippen LogP contribution in [0.2, 0.25) is 0 Å². The van der Waals surface area contributed by atoms with E-state index in [0.29, 0.717) is 50.1 Å². The Balaban J connectivity index is -0.000000727. The standard InChI is InChI=1S/2C16H35O3PS.Zn/c2*1-5-9-11-15(7-3)13-18-20(17,21)19-14-16(8-4)12-10-6-2;/h2*15-16H,5-14H2,1-4H3,(H,17,21);/q;;+2/p-2. The van der Waals surface area contributed by atoms with Crippen molar-refractivity contribution in [3.8, 4) is 0 Å². The molecule has 0 aliphatic rings. The summed E-state index contributed by atoms with van der Waals surface area (Å²) in [7, 11) is 0. The van der Waals surface area contributed by atoms with E-state index in [-0.39, 0.29) is 19.5 Å². The first-order valence-electron chi connectivity index (χ1n) is 17.2. The Bertz CT molecular complexity index is 588. The van der Waals surface area contributed by atoms with Gasteiger partial charge < -0.3 is 27.9 Å². The number of hydrogen-bond donors (Lipinski definition) is 0. The molecule has 0 aromatic heterocycles. The molecule has 0 aromatic rings. The van der Waals surface area contributed by atoms with Crippen molar-refractivity contribution in [2.45, 2.75) is 158 Å². The van der Waals surface area contributed by atoms with Gasteiger partial charge in [0, 0.05) is 0 Å². The van der Waals surface area contributed by atoms with Gasteiger partial charge in [-0.1, -0.05) is 156 Å². The topological polar surface area (TPSA) is 83.0 Å². The first-order chi connectivity index (χ1) is 20.0. The van der Waals surface area contributed by atoms with Crippen LogP contribution in [0.5, 0.6) is 0 Å². The minimum absolute atomic E-state index is 0. The normalized spacial score (nSPS) is 17.0. The van der Waals surface area contributed by atoms with E-state index in [0.717, 1.165) is 51.4 Å². The molecule has 0 bridgehead atoms. The van der Waals surface area contributed by atoms with Crippen molar-refractivity contribution in [2.75, 3.05) is 26.4 Å². The van der Waals surface area contributed by atoms with E-state index in [2.05, 4.69) is 55.4 Å². The second-order valence-electron chi connectivity index (χ2n) is 11.7. The van der Waals surface area contributed by atoms with Gasteiger partial charge in [0.15, 0.2) is 0 Å². The molecule has 43 heavy (non-hydrogen) atoms. The Hall–Kier alpha value is 1.68. The summed E-state index contributed by atoms with van der Waals surface area (Å²) in [6.07, 6.45) is 18.0. The molecule has 11 heteroatoms. The molecule has 0 amide bonds. The Kier molecular flexibility index (Phi) is 36.8. The number of unbranched alkanes of at least 4 members (excludes halogenated alkanes) is 4. The molecule has 0 saturated carbocycles. The molecule has 0 N–H and O–H groups in total. The molecule has 4 atom stereocenters. The van der Waals surface area contributed by atoms with Crippen LogP contribution in [0.4, 0.5) is 0 Å². The maximum atomic E-state index is 12.2. The van der Waals surface area contributed by atoms with E-state index in [4.69, 9.17) is 41.7 Å². The zero-order chi connectivity index (χ0) is 32.3. The van der Waals surface area contributed by atoms with E-state index in [1.807, 2.05) is 0 Å². The summed E-state index contributed by atoms with van der Waals surface area (Å²) in [5.41, 5.74) is 0. The van der Waals surface area contributed by atoms with E-state index >= 15 is 0 Å². The fourth-order valence-electron chi connectivity index (χ4n) is 4.45. The van der Waals surface area contributed by atoms with Gasteiger partial charge in [-0.2, -0.15) is 0 Å². The molecule has 0 spiro atoms. The maximum Gasteiger partial charge on any atom is 2.00 e. The summed E-state index contributed by atoms with van der Waals surface area (Å²) in [5, 5.41) is 0. The van der Waals surface area contributed by atoms with Gasteiger partial charge in [-0.15, -0.1) is 0 Å². The predicted octanol–water partition coefficient (Wildman–Crippen LogP) is 10.1. The van der Waals surface area contributed by atoms with Crippen molar-refractivity contribution in [2.24, 2.45) is 23.7 Å². The molecule has 0 saturated heterocycles. The van der Waals surface area contributed by atoms with Crippen molar-refractivity contribution < 1.29 is 47.4 Å². The monoisotopic (exact) mass is 738 g/mol. The quantitative estimate of drug-likeness (QED) is 0.0579. The molecular weight excluding hydrogens is 672 g/mol. The summed E-state index contributed by atoms with van der Waals surface area (Å²) in [5.74, 6) is 1.75. The van der Waals surface area contributed by atoms with Crippen LogP contribution in [-0.2, 0) is 61.2 Å². The molecule has 0 aliphatic heterocycles. The third-order valence-electron chi connectivity index (χ3n) is 8.05. The minimum atomic E-state index is -3.31. The van der Waals surface area contributed by atoms with Gasteiger partial charge in [0.1, 0.15) is 13.4 Å². The molecular formula is C32H68O6P2S2Zn. The zero-order valence-corrected chi connectivity index (χ0v) is 35.7. The molecule has 6 nitrogen and oxygen atoms in total. The summed E-state index contributed by atoms with van der Waals surface area (Å²) < 4.78 is 21.7. The van der Waals surface area contributed by atoms with E-state index < -0.39 is 13.4 Å². The van der Waals surface area contributed by atoms with Gasteiger partial charge >= 0.3 is 19.5 Å². The number of hydrogen-bond acceptors (Lipinski definition) is 8. The van der Waals surface area contributed by atoms with Gasteiger partial charge in [0.25, 0.3) is 0 Å². The van der Waals surface area contributed by atoms with Crippen molar-refractivity contribution in [3.63, 3.8) is 0 Å². The third-order valence-corrected chi connectivity index (χ3v) is 11.2. The zero-order valence-electron chi connectivity index (χ0n) is 29.3. The van der Waals surface area contributed by atoms with Crippen molar-refractivity contribution in [3.05, 3.63) is 0 Å². The molecule has 0 fully saturated rings. The van der Waals surface area contributed by atoms with Crippen LogP contribution in [0.15, 0.2) is 0 Å². The van der Waals surface area contributed by atoms with Gasteiger partial charge in [0.05, 0.1) is 26.4 Å². The van der Waals surface area contributed by atoms with Crippen molar-refractivity contribution >= 4 is 37.1 Å². The molecule has 0 rings (SSSR count). The maximum absolute atomic E-state index is 12.2. The summed E-state index contributed by atoms with van der Waals surface area (Å²) in [6.45, 7) is 12.5. The molecule has 0 radical (unpaired) electrons. The van der Waals surface area contributed by atoms with Crippen LogP contribution in [0.1, 0.15) is 158 Å². The third kappa shape index (κ3) is 30.7. The van der Waals surface area contributed by atoms with Crippen LogP contribution >= 0.6 is 13.4 Å². The minimum Gasteiger partial charge on any atom is -0.780 e. The van der Waals surface area contributed by atoms with Crippen LogP contribution in [0.3, 0.4) is 0 Å². The largest absolute Gasteiger partial charge is 2.00 e. The molecule has 4 unspecified atom stereocenters. The first-order valence-corrected chi connectivity index (χ1v) is 22.3. The van der Waals surface area contributed by atoms with Gasteiger partial charge in [-0.25, -0.2) is 0 Å². The van der Waals surface area contributed by atoms with Crippen LogP contribution in [0, 0.1) is 23.7 Å². The molecule has 0 aromatic carbocycles. The van der Waals surface area contributed by atoms with Crippen LogP contribution in [0.25, 0.3) is 0 Å². The predicted molar refractivity (Wildman–Crippen MR) is 186 cm³/mol. The summed E-state index contributed by atoms with van der Waals surface area (Å²) >= 11 is 10.0. The van der Waals surface area contributed by atoms with E-state index in [1.54, 1.807) is 0 Å². The summed E-state index contributed by atoms with van der Waals surface area (Å²) in [4.78, 5) is 24.3. The first kappa shape index (κ1) is 49.1. The smallest absolute Gasteiger partial charge is 0.780 e. The fraction of sp³-hybridized carbons (Fsp3) is 1.00. The van der Waals surface area contributed by atoms with Gasteiger partial charge in [-0.3, -0.25) is 0 Å². The van der Waals surface area contributed by atoms with Gasteiger partial charge in [-0.05, 0) is 49.4 Å². The van der Waals surface area contributed by atoms with Crippen LogP contribution in [-0.4, -0.2) is 26.4 Å². The average molecular weight is 740 g/mol. The average Bonchev–Trinajstić information content (AvgIpc) is 2.98. The Labute approximate surface area is 291 Å². The number of rotatable bonds is 28. The SMILES string of the molecule is CCCCC(CC)COP([O-])(=S)OCC(CC)CCCC.CCCCC(CC)COP([O-])(=S)OCC(CC)CCCC.[Zn+2]. The Morgan fingerprint density at radius 1 is 0.442 bits per heavy atom. The van der Waals surface area contributed by atoms with Gasteiger partial charge in [0.2, 0.25) is 0 Å². The molecule has 256 valence electrons. The Morgan fingerprint density at radius 3 is 0.767 bits per heavy atom. The molecule has 0 aliphatic carbocycles. The van der Waals surface area contributed by atoms with Crippen LogP contribution < -0.4 is 9.79 Å². The van der Waals surface area contributed by atoms with E-state index in [9.17, 15) is 9.79 Å². The Morgan fingerprint density at radius 2 is 0.628 bits per heavy atom. The second-order valence-corrected chi connectivity index (χ2v) is 17.2. The molecule has 0 heterocycles.